The van der Waals surface area contributed by atoms with Crippen LogP contribution < -0.4 is 4.74 Å². The number of hydrogen-bond donors (Lipinski definition) is 0. The molecule has 0 aromatic heterocycles. The summed E-state index contributed by atoms with van der Waals surface area (Å²) < 4.78 is 44.4. The smallest absolute Gasteiger partial charge is 0.465 e. The van der Waals surface area contributed by atoms with Gasteiger partial charge in [0.25, 0.3) is 5.91 Å². The zero-order valence-corrected chi connectivity index (χ0v) is 11.4. The van der Waals surface area contributed by atoms with Crippen LogP contribution in [0.1, 0.15) is 17.3 Å². The molecule has 1 aromatic rings. The first-order valence-electron chi connectivity index (χ1n) is 6.00. The molecule has 0 unspecified atom stereocenters. The third-order valence-corrected chi connectivity index (χ3v) is 2.35. The molecule has 0 atom stereocenters. The maximum Gasteiger partial charge on any atom is 0.573 e. The maximum absolute atomic E-state index is 12.0. The van der Waals surface area contributed by atoms with E-state index in [2.05, 4.69) is 4.74 Å². The number of amides is 1. The first-order valence-corrected chi connectivity index (χ1v) is 6.00. The van der Waals surface area contributed by atoms with E-state index >= 15 is 0 Å². The SMILES string of the molecule is CCOC(=O)CN(C)C(=O)c1ccc(OC(F)(F)F)cc1. The molecule has 21 heavy (non-hydrogen) atoms. The number of nitrogens with zero attached hydrogens (tertiary/aromatic N) is 1. The van der Waals surface area contributed by atoms with Crippen molar-refractivity contribution in [2.45, 2.75) is 13.3 Å². The van der Waals surface area contributed by atoms with Gasteiger partial charge in [0.1, 0.15) is 12.3 Å². The van der Waals surface area contributed by atoms with Gasteiger partial charge in [-0.2, -0.15) is 0 Å². The standard InChI is InChI=1S/C13H14F3NO4/c1-3-20-11(18)8-17(2)12(19)9-4-6-10(7-5-9)21-13(14,15)16/h4-7H,3,8H2,1-2H3. The lowest BCUT2D eigenvalue weighted by molar-refractivity contribution is -0.274. The average Bonchev–Trinajstić information content (AvgIpc) is 2.37. The molecule has 0 heterocycles. The molecule has 0 spiro atoms. The minimum atomic E-state index is -4.79. The van der Waals surface area contributed by atoms with Gasteiger partial charge in [-0.05, 0) is 31.2 Å². The van der Waals surface area contributed by atoms with Gasteiger partial charge in [0.15, 0.2) is 0 Å². The van der Waals surface area contributed by atoms with E-state index < -0.39 is 24.0 Å². The molecule has 0 radical (unpaired) electrons. The van der Waals surface area contributed by atoms with Crippen LogP contribution in [-0.2, 0) is 9.53 Å². The van der Waals surface area contributed by atoms with E-state index in [1.54, 1.807) is 6.92 Å². The summed E-state index contributed by atoms with van der Waals surface area (Å²) in [6, 6.07) is 4.42. The van der Waals surface area contributed by atoms with Gasteiger partial charge >= 0.3 is 12.3 Å². The van der Waals surface area contributed by atoms with Crippen LogP contribution in [-0.4, -0.2) is 43.3 Å². The summed E-state index contributed by atoms with van der Waals surface area (Å²) in [7, 11) is 1.39. The van der Waals surface area contributed by atoms with Crippen LogP contribution in [0.2, 0.25) is 0 Å². The van der Waals surface area contributed by atoms with Crippen LogP contribution in [0.25, 0.3) is 0 Å². The molecular formula is C13H14F3NO4. The zero-order valence-electron chi connectivity index (χ0n) is 11.4. The number of carbonyl (C=O) groups is 2. The van der Waals surface area contributed by atoms with Gasteiger partial charge in [-0.25, -0.2) is 0 Å². The van der Waals surface area contributed by atoms with E-state index in [1.165, 1.54) is 19.2 Å². The number of esters is 1. The maximum atomic E-state index is 12.0. The van der Waals surface area contributed by atoms with Gasteiger partial charge in [0, 0.05) is 12.6 Å². The highest BCUT2D eigenvalue weighted by atomic mass is 19.4. The van der Waals surface area contributed by atoms with Crippen LogP contribution in [0.15, 0.2) is 24.3 Å². The molecule has 0 bridgehead atoms. The fraction of sp³-hybridized carbons (Fsp3) is 0.385. The third kappa shape index (κ3) is 5.72. The molecule has 0 saturated heterocycles. The van der Waals surface area contributed by atoms with E-state index in [-0.39, 0.29) is 18.7 Å². The Kier molecular flexibility index (Phi) is 5.57. The van der Waals surface area contributed by atoms with Crippen molar-refractivity contribution < 1.29 is 32.2 Å². The molecule has 0 fully saturated rings. The van der Waals surface area contributed by atoms with Crippen molar-refractivity contribution in [3.63, 3.8) is 0 Å². The van der Waals surface area contributed by atoms with Crippen LogP contribution in [0.3, 0.4) is 0 Å². The largest absolute Gasteiger partial charge is 0.573 e. The summed E-state index contributed by atoms with van der Waals surface area (Å²) >= 11 is 0. The summed E-state index contributed by atoms with van der Waals surface area (Å²) in [6.45, 7) is 1.59. The molecule has 0 aliphatic carbocycles. The van der Waals surface area contributed by atoms with E-state index in [4.69, 9.17) is 4.74 Å². The zero-order chi connectivity index (χ0) is 16.0. The summed E-state index contributed by atoms with van der Waals surface area (Å²) in [5.41, 5.74) is 0.135. The number of ether oxygens (including phenoxy) is 2. The first-order chi connectivity index (χ1) is 9.73. The van der Waals surface area contributed by atoms with Gasteiger partial charge in [-0.15, -0.1) is 13.2 Å². The molecule has 5 nitrogen and oxygen atoms in total. The molecule has 0 aliphatic heterocycles. The van der Waals surface area contributed by atoms with Crippen molar-refractivity contribution >= 4 is 11.9 Å². The molecular weight excluding hydrogens is 291 g/mol. The second-order valence-corrected chi connectivity index (χ2v) is 4.04. The minimum Gasteiger partial charge on any atom is -0.465 e. The van der Waals surface area contributed by atoms with Crippen molar-refractivity contribution in [2.75, 3.05) is 20.2 Å². The average molecular weight is 305 g/mol. The van der Waals surface area contributed by atoms with Crippen LogP contribution >= 0.6 is 0 Å². The van der Waals surface area contributed by atoms with Gasteiger partial charge in [0.2, 0.25) is 0 Å². The normalized spacial score (nSPS) is 10.9. The fourth-order valence-corrected chi connectivity index (χ4v) is 1.49. The Hall–Kier alpha value is -2.25. The Labute approximate surface area is 119 Å². The van der Waals surface area contributed by atoms with E-state index in [1.807, 2.05) is 0 Å². The molecule has 8 heteroatoms. The van der Waals surface area contributed by atoms with Gasteiger partial charge in [-0.1, -0.05) is 0 Å². The lowest BCUT2D eigenvalue weighted by Gasteiger charge is -2.16. The molecule has 1 rings (SSSR count). The minimum absolute atomic E-state index is 0.135. The predicted octanol–water partition coefficient (Wildman–Crippen LogP) is 2.22. The van der Waals surface area contributed by atoms with Gasteiger partial charge < -0.3 is 14.4 Å². The topological polar surface area (TPSA) is 55.8 Å². The number of benzene rings is 1. The lowest BCUT2D eigenvalue weighted by atomic mass is 10.2. The van der Waals surface area contributed by atoms with Gasteiger partial charge in [0.05, 0.1) is 6.61 Å². The van der Waals surface area contributed by atoms with Crippen molar-refractivity contribution in [1.29, 1.82) is 0 Å². The van der Waals surface area contributed by atoms with Crippen molar-refractivity contribution in [3.05, 3.63) is 29.8 Å². The third-order valence-electron chi connectivity index (χ3n) is 2.35. The molecule has 0 N–H and O–H groups in total. The summed E-state index contributed by atoms with van der Waals surface area (Å²) in [5, 5.41) is 0. The lowest BCUT2D eigenvalue weighted by Crippen LogP contribution is -2.33. The first kappa shape index (κ1) is 16.8. The Morgan fingerprint density at radius 3 is 2.24 bits per heavy atom. The molecule has 0 saturated carbocycles. The van der Waals surface area contributed by atoms with Crippen molar-refractivity contribution in [2.24, 2.45) is 0 Å². The molecule has 0 aliphatic rings. The Balaban J connectivity index is 2.68. The number of halogens is 3. The molecule has 1 aromatic carbocycles. The highest BCUT2D eigenvalue weighted by Crippen LogP contribution is 2.22. The number of rotatable bonds is 5. The number of carbonyl (C=O) groups excluding carboxylic acids is 2. The Bertz CT molecular complexity index is 499. The van der Waals surface area contributed by atoms with E-state index in [0.717, 1.165) is 17.0 Å². The summed E-state index contributed by atoms with van der Waals surface area (Å²) in [4.78, 5) is 24.3. The van der Waals surface area contributed by atoms with Gasteiger partial charge in [-0.3, -0.25) is 9.59 Å². The second-order valence-electron chi connectivity index (χ2n) is 4.04. The van der Waals surface area contributed by atoms with E-state index in [0.29, 0.717) is 0 Å². The second kappa shape index (κ2) is 6.96. The van der Waals surface area contributed by atoms with E-state index in [9.17, 15) is 22.8 Å². The summed E-state index contributed by atoms with van der Waals surface area (Å²) in [5.74, 6) is -1.50. The van der Waals surface area contributed by atoms with Crippen molar-refractivity contribution in [1.82, 2.24) is 4.90 Å². The molecule has 116 valence electrons. The summed E-state index contributed by atoms with van der Waals surface area (Å²) in [6.07, 6.45) is -4.79. The van der Waals surface area contributed by atoms with Crippen molar-refractivity contribution in [3.8, 4) is 5.75 Å². The fourth-order valence-electron chi connectivity index (χ4n) is 1.49. The predicted molar refractivity (Wildman–Crippen MR) is 66.7 cm³/mol. The van der Waals surface area contributed by atoms with Crippen LogP contribution in [0.4, 0.5) is 13.2 Å². The number of alkyl halides is 3. The molecule has 1 amide bonds. The van der Waals surface area contributed by atoms with Crippen LogP contribution in [0, 0.1) is 0 Å². The van der Waals surface area contributed by atoms with Crippen LogP contribution in [0.5, 0.6) is 5.75 Å². The Morgan fingerprint density at radius 1 is 1.19 bits per heavy atom. The highest BCUT2D eigenvalue weighted by molar-refractivity contribution is 5.95. The Morgan fingerprint density at radius 2 is 1.76 bits per heavy atom. The quantitative estimate of drug-likeness (QED) is 0.783. The monoisotopic (exact) mass is 305 g/mol. The number of hydrogen-bond acceptors (Lipinski definition) is 4. The number of likely N-dealkylation sites (N-methyl/N-ethyl adjacent to an activating group) is 1. The highest BCUT2D eigenvalue weighted by Gasteiger charge is 2.31.